The lowest BCUT2D eigenvalue weighted by Gasteiger charge is -1.99. The minimum absolute atomic E-state index is 0.0654. The van der Waals surface area contributed by atoms with Crippen molar-refractivity contribution in [3.8, 4) is 0 Å². The molecule has 2 aromatic rings. The fourth-order valence-electron chi connectivity index (χ4n) is 1.52. The Morgan fingerprint density at radius 3 is 1.08 bits per heavy atom. The molecule has 0 aromatic heterocycles. The highest BCUT2D eigenvalue weighted by Crippen LogP contribution is 2.11. The Morgan fingerprint density at radius 2 is 0.875 bits per heavy atom. The van der Waals surface area contributed by atoms with Crippen LogP contribution in [0.25, 0.3) is 0 Å². The third kappa shape index (κ3) is 5.67. The standard InChI is InChI=1S/2C7H9NO3S/c2*1-6-2-4-7(5-3-6)12(9,10)11-8/h2*2-5H,8H2,1H3. The molecule has 10 heteroatoms. The largest absolute Gasteiger partial charge is 0.312 e. The van der Waals surface area contributed by atoms with Crippen molar-refractivity contribution in [1.82, 2.24) is 0 Å². The van der Waals surface area contributed by atoms with Crippen LogP contribution in [-0.2, 0) is 28.8 Å². The highest BCUT2D eigenvalue weighted by atomic mass is 32.2. The number of hydrogen-bond acceptors (Lipinski definition) is 8. The summed E-state index contributed by atoms with van der Waals surface area (Å²) in [5.41, 5.74) is 1.96. The van der Waals surface area contributed by atoms with Crippen molar-refractivity contribution in [2.75, 3.05) is 0 Å². The minimum atomic E-state index is -3.74. The van der Waals surface area contributed by atoms with E-state index >= 15 is 0 Å². The number of nitrogens with two attached hydrogens (primary N) is 2. The highest BCUT2D eigenvalue weighted by Gasteiger charge is 2.12. The van der Waals surface area contributed by atoms with Crippen molar-refractivity contribution in [2.24, 2.45) is 11.8 Å². The molecule has 0 saturated carbocycles. The maximum atomic E-state index is 11.0. The van der Waals surface area contributed by atoms with Crippen molar-refractivity contribution in [3.63, 3.8) is 0 Å². The molecule has 0 spiro atoms. The van der Waals surface area contributed by atoms with E-state index < -0.39 is 20.2 Å². The molecule has 132 valence electrons. The maximum absolute atomic E-state index is 11.0. The molecule has 0 fully saturated rings. The Kier molecular flexibility index (Phi) is 7.02. The van der Waals surface area contributed by atoms with Crippen LogP contribution in [-0.4, -0.2) is 16.8 Å². The monoisotopic (exact) mass is 374 g/mol. The summed E-state index contributed by atoms with van der Waals surface area (Å²) >= 11 is 0. The van der Waals surface area contributed by atoms with E-state index in [4.69, 9.17) is 0 Å². The summed E-state index contributed by atoms with van der Waals surface area (Å²) in [6.45, 7) is 3.72. The number of aryl methyl sites for hydroxylation is 2. The summed E-state index contributed by atoms with van der Waals surface area (Å²) in [6.07, 6.45) is 0. The summed E-state index contributed by atoms with van der Waals surface area (Å²) in [4.78, 5) is 0.131. The van der Waals surface area contributed by atoms with Gasteiger partial charge in [-0.3, -0.25) is 0 Å². The van der Waals surface area contributed by atoms with Gasteiger partial charge in [0.1, 0.15) is 0 Å². The van der Waals surface area contributed by atoms with Gasteiger partial charge in [0, 0.05) is 0 Å². The highest BCUT2D eigenvalue weighted by molar-refractivity contribution is 7.87. The predicted molar refractivity (Wildman–Crippen MR) is 87.3 cm³/mol. The molecule has 2 rings (SSSR count). The number of hydrogen-bond donors (Lipinski definition) is 2. The molecule has 0 saturated heterocycles. The molecule has 8 nitrogen and oxygen atoms in total. The van der Waals surface area contributed by atoms with Gasteiger partial charge in [0.15, 0.2) is 0 Å². The number of rotatable bonds is 4. The summed E-state index contributed by atoms with van der Waals surface area (Å²) in [7, 11) is -7.47. The summed E-state index contributed by atoms with van der Waals surface area (Å²) < 4.78 is 51.5. The quantitative estimate of drug-likeness (QED) is 0.760. The molecule has 0 radical (unpaired) electrons. The van der Waals surface area contributed by atoms with Gasteiger partial charge >= 0.3 is 20.2 Å². The zero-order chi connectivity index (χ0) is 18.4. The van der Waals surface area contributed by atoms with Gasteiger partial charge in [-0.1, -0.05) is 35.4 Å². The first-order valence-electron chi connectivity index (χ1n) is 6.52. The molecule has 0 aliphatic rings. The SMILES string of the molecule is Cc1ccc(S(=O)(=O)ON)cc1.Cc1ccc(S(=O)(=O)ON)cc1. The van der Waals surface area contributed by atoms with E-state index in [2.05, 4.69) is 20.4 Å². The molecule has 0 aliphatic heterocycles. The molecular weight excluding hydrogens is 356 g/mol. The Balaban J connectivity index is 0.000000240. The van der Waals surface area contributed by atoms with Crippen molar-refractivity contribution in [1.29, 1.82) is 0 Å². The van der Waals surface area contributed by atoms with Crippen LogP contribution < -0.4 is 11.8 Å². The van der Waals surface area contributed by atoms with Gasteiger partial charge in [-0.15, -0.1) is 0 Å². The second-order valence-electron chi connectivity index (χ2n) is 4.73. The van der Waals surface area contributed by atoms with E-state index in [1.54, 1.807) is 24.3 Å². The maximum Gasteiger partial charge on any atom is 0.312 e. The Labute approximate surface area is 141 Å². The lowest BCUT2D eigenvalue weighted by molar-refractivity contribution is 0.332. The molecule has 24 heavy (non-hydrogen) atoms. The van der Waals surface area contributed by atoms with E-state index in [0.29, 0.717) is 0 Å². The van der Waals surface area contributed by atoms with Crippen LogP contribution in [0.15, 0.2) is 58.3 Å². The molecule has 0 unspecified atom stereocenters. The smallest absolute Gasteiger partial charge is 0.197 e. The second-order valence-corrected chi connectivity index (χ2v) is 7.87. The zero-order valence-corrected chi connectivity index (χ0v) is 14.7. The first-order chi connectivity index (χ1) is 11.1. The average Bonchev–Trinajstić information content (AvgIpc) is 2.56. The van der Waals surface area contributed by atoms with Crippen LogP contribution in [0.1, 0.15) is 11.1 Å². The molecule has 0 heterocycles. The van der Waals surface area contributed by atoms with Crippen molar-refractivity contribution in [3.05, 3.63) is 59.7 Å². The van der Waals surface area contributed by atoms with Crippen LogP contribution in [0.5, 0.6) is 0 Å². The van der Waals surface area contributed by atoms with Crippen LogP contribution in [0, 0.1) is 13.8 Å². The van der Waals surface area contributed by atoms with Crippen molar-refractivity contribution >= 4 is 20.2 Å². The summed E-state index contributed by atoms with van der Waals surface area (Å²) in [5.74, 6) is 9.18. The molecule has 0 amide bonds. The van der Waals surface area contributed by atoms with E-state index in [1.165, 1.54) is 24.3 Å². The first-order valence-corrected chi connectivity index (χ1v) is 9.34. The first kappa shape index (κ1) is 20.2. The van der Waals surface area contributed by atoms with Crippen LogP contribution in [0.4, 0.5) is 0 Å². The summed E-state index contributed by atoms with van der Waals surface area (Å²) in [6, 6.07) is 12.5. The lowest BCUT2D eigenvalue weighted by Crippen LogP contribution is -2.10. The zero-order valence-electron chi connectivity index (χ0n) is 13.0. The van der Waals surface area contributed by atoms with Gasteiger partial charge in [0.05, 0.1) is 9.79 Å². The molecule has 4 N–H and O–H groups in total. The topological polar surface area (TPSA) is 139 Å². The molecule has 0 aliphatic carbocycles. The van der Waals surface area contributed by atoms with Gasteiger partial charge in [-0.25, -0.2) is 0 Å². The van der Waals surface area contributed by atoms with Gasteiger partial charge < -0.3 is 0 Å². The summed E-state index contributed by atoms with van der Waals surface area (Å²) in [5, 5.41) is 0. The minimum Gasteiger partial charge on any atom is -0.197 e. The molecule has 0 atom stereocenters. The second kappa shape index (κ2) is 8.33. The van der Waals surface area contributed by atoms with Gasteiger partial charge in [-0.05, 0) is 38.1 Å². The van der Waals surface area contributed by atoms with Gasteiger partial charge in [-0.2, -0.15) is 37.2 Å². The fourth-order valence-corrected chi connectivity index (χ4v) is 2.68. The molecule has 0 bridgehead atoms. The number of benzene rings is 2. The third-order valence-electron chi connectivity index (χ3n) is 2.87. The van der Waals surface area contributed by atoms with E-state index in [-0.39, 0.29) is 9.79 Å². The van der Waals surface area contributed by atoms with Crippen LogP contribution in [0.2, 0.25) is 0 Å². The fraction of sp³-hybridized carbons (Fsp3) is 0.143. The average molecular weight is 374 g/mol. The van der Waals surface area contributed by atoms with Crippen LogP contribution in [0.3, 0.4) is 0 Å². The van der Waals surface area contributed by atoms with Gasteiger partial charge in [0.2, 0.25) is 0 Å². The van der Waals surface area contributed by atoms with Gasteiger partial charge in [0.25, 0.3) is 0 Å². The van der Waals surface area contributed by atoms with Crippen molar-refractivity contribution < 1.29 is 25.4 Å². The van der Waals surface area contributed by atoms with Crippen LogP contribution >= 0.6 is 0 Å². The van der Waals surface area contributed by atoms with E-state index in [9.17, 15) is 16.8 Å². The predicted octanol–water partition coefficient (Wildman–Crippen LogP) is 1.15. The lowest BCUT2D eigenvalue weighted by atomic mass is 10.2. The van der Waals surface area contributed by atoms with Crippen molar-refractivity contribution in [2.45, 2.75) is 23.6 Å². The molecular formula is C14H18N2O6S2. The Hall–Kier alpha value is -1.82. The Morgan fingerprint density at radius 1 is 0.625 bits per heavy atom. The van der Waals surface area contributed by atoms with E-state index in [0.717, 1.165) is 11.1 Å². The third-order valence-corrected chi connectivity index (χ3v) is 5.08. The van der Waals surface area contributed by atoms with E-state index in [1.807, 2.05) is 13.8 Å². The Bertz CT molecular complexity index is 785. The molecule has 2 aromatic carbocycles. The normalized spacial score (nSPS) is 11.5.